The molecule has 0 fully saturated rings. The molecular formula is C16H29BrN2S. The number of likely N-dealkylation sites (N-methyl/N-ethyl adjacent to an activating group) is 2. The average Bonchev–Trinajstić information content (AvgIpc) is 2.88. The van der Waals surface area contributed by atoms with Gasteiger partial charge in [0.15, 0.2) is 0 Å². The van der Waals surface area contributed by atoms with Crippen molar-refractivity contribution in [1.29, 1.82) is 0 Å². The molecule has 0 amide bonds. The van der Waals surface area contributed by atoms with Gasteiger partial charge in [0.1, 0.15) is 0 Å². The molecule has 0 saturated carbocycles. The molecule has 20 heavy (non-hydrogen) atoms. The highest BCUT2D eigenvalue weighted by Gasteiger charge is 2.39. The van der Waals surface area contributed by atoms with Crippen LogP contribution in [0.1, 0.15) is 45.4 Å². The zero-order chi connectivity index (χ0) is 15.2. The number of rotatable bonds is 9. The highest BCUT2D eigenvalue weighted by Crippen LogP contribution is 2.31. The lowest BCUT2D eigenvalue weighted by atomic mass is 9.80. The Kier molecular flexibility index (Phi) is 7.73. The van der Waals surface area contributed by atoms with Crippen LogP contribution in [0.3, 0.4) is 0 Å². The first kappa shape index (κ1) is 18.1. The van der Waals surface area contributed by atoms with Crippen molar-refractivity contribution in [3.8, 4) is 0 Å². The van der Waals surface area contributed by atoms with Gasteiger partial charge in [0.25, 0.3) is 0 Å². The second kappa shape index (κ2) is 8.52. The van der Waals surface area contributed by atoms with Crippen LogP contribution in [0.15, 0.2) is 15.9 Å². The van der Waals surface area contributed by atoms with Gasteiger partial charge in [-0.1, -0.05) is 27.7 Å². The van der Waals surface area contributed by atoms with Crippen molar-refractivity contribution in [2.45, 2.75) is 58.5 Å². The Morgan fingerprint density at radius 2 is 1.85 bits per heavy atom. The van der Waals surface area contributed by atoms with Crippen molar-refractivity contribution >= 4 is 27.3 Å². The Balaban J connectivity index is 3.01. The molecule has 1 heterocycles. The van der Waals surface area contributed by atoms with Crippen LogP contribution in [0, 0.1) is 0 Å². The molecule has 0 aliphatic rings. The van der Waals surface area contributed by atoms with Gasteiger partial charge in [0, 0.05) is 26.3 Å². The zero-order valence-electron chi connectivity index (χ0n) is 13.5. The summed E-state index contributed by atoms with van der Waals surface area (Å²) >= 11 is 5.42. The van der Waals surface area contributed by atoms with Crippen LogP contribution in [0.2, 0.25) is 0 Å². The second-order valence-electron chi connectivity index (χ2n) is 5.26. The van der Waals surface area contributed by atoms with E-state index in [4.69, 9.17) is 0 Å². The van der Waals surface area contributed by atoms with Crippen LogP contribution in [0.25, 0.3) is 0 Å². The first-order valence-corrected chi connectivity index (χ1v) is 9.40. The molecule has 0 aliphatic heterocycles. The molecule has 0 spiro atoms. The van der Waals surface area contributed by atoms with Gasteiger partial charge >= 0.3 is 0 Å². The molecule has 0 aliphatic carbocycles. The van der Waals surface area contributed by atoms with Crippen molar-refractivity contribution in [2.75, 3.05) is 20.1 Å². The average molecular weight is 361 g/mol. The van der Waals surface area contributed by atoms with E-state index in [-0.39, 0.29) is 5.54 Å². The van der Waals surface area contributed by atoms with Crippen LogP contribution < -0.4 is 5.32 Å². The van der Waals surface area contributed by atoms with Crippen LogP contribution in [0.4, 0.5) is 0 Å². The molecule has 0 aromatic carbocycles. The Hall–Kier alpha value is 0.1000. The maximum atomic E-state index is 3.60. The van der Waals surface area contributed by atoms with Crippen molar-refractivity contribution in [3.63, 3.8) is 0 Å². The van der Waals surface area contributed by atoms with Crippen LogP contribution in [-0.2, 0) is 6.42 Å². The third-order valence-electron chi connectivity index (χ3n) is 4.64. The van der Waals surface area contributed by atoms with Crippen LogP contribution >= 0.6 is 27.3 Å². The number of halogens is 1. The lowest BCUT2D eigenvalue weighted by molar-refractivity contribution is 0.0522. The highest BCUT2D eigenvalue weighted by molar-refractivity contribution is 9.10. The number of hydrogen-bond acceptors (Lipinski definition) is 3. The van der Waals surface area contributed by atoms with E-state index in [1.165, 1.54) is 22.2 Å². The van der Waals surface area contributed by atoms with Gasteiger partial charge in [0.2, 0.25) is 0 Å². The minimum Gasteiger partial charge on any atom is -0.315 e. The molecule has 2 nitrogen and oxygen atoms in total. The molecule has 1 aromatic rings. The molecule has 0 radical (unpaired) electrons. The van der Waals surface area contributed by atoms with E-state index in [0.29, 0.717) is 6.04 Å². The third-order valence-corrected chi connectivity index (χ3v) is 6.36. The van der Waals surface area contributed by atoms with Gasteiger partial charge in [-0.3, -0.25) is 4.90 Å². The van der Waals surface area contributed by atoms with Gasteiger partial charge in [0.05, 0.1) is 0 Å². The summed E-state index contributed by atoms with van der Waals surface area (Å²) in [5.41, 5.74) is 0.245. The van der Waals surface area contributed by atoms with E-state index in [2.05, 4.69) is 72.3 Å². The molecule has 1 aromatic heterocycles. The highest BCUT2D eigenvalue weighted by atomic mass is 79.9. The van der Waals surface area contributed by atoms with Gasteiger partial charge in [-0.25, -0.2) is 0 Å². The predicted octanol–water partition coefficient (Wildman–Crippen LogP) is 4.54. The summed E-state index contributed by atoms with van der Waals surface area (Å²) in [6.07, 6.45) is 3.47. The van der Waals surface area contributed by atoms with Crippen molar-refractivity contribution < 1.29 is 0 Å². The van der Waals surface area contributed by atoms with Crippen LogP contribution in [-0.4, -0.2) is 36.6 Å². The first-order chi connectivity index (χ1) is 9.57. The standard InChI is InChI=1S/C16H29BrN2S/c1-6-16(7-2,19(8-3)9-4)15(18-5)11-14-10-13(17)12-20-14/h10,12,15,18H,6-9,11H2,1-5H3. The summed E-state index contributed by atoms with van der Waals surface area (Å²) in [6, 6.07) is 2.75. The largest absolute Gasteiger partial charge is 0.315 e. The number of hydrogen-bond donors (Lipinski definition) is 1. The molecule has 1 rings (SSSR count). The van der Waals surface area contributed by atoms with E-state index in [1.807, 2.05) is 11.3 Å². The Morgan fingerprint density at radius 3 is 2.20 bits per heavy atom. The van der Waals surface area contributed by atoms with Gasteiger partial charge < -0.3 is 5.32 Å². The lowest BCUT2D eigenvalue weighted by Gasteiger charge is -2.48. The molecule has 1 atom stereocenters. The topological polar surface area (TPSA) is 15.3 Å². The van der Waals surface area contributed by atoms with E-state index in [9.17, 15) is 0 Å². The molecule has 1 unspecified atom stereocenters. The van der Waals surface area contributed by atoms with Crippen molar-refractivity contribution in [3.05, 3.63) is 20.8 Å². The third kappa shape index (κ3) is 3.85. The molecule has 116 valence electrons. The fourth-order valence-corrected chi connectivity index (χ4v) is 4.98. The minimum absolute atomic E-state index is 0.245. The fourth-order valence-electron chi connectivity index (χ4n) is 3.49. The van der Waals surface area contributed by atoms with E-state index in [0.717, 1.165) is 19.5 Å². The summed E-state index contributed by atoms with van der Waals surface area (Å²) < 4.78 is 1.20. The quantitative estimate of drug-likeness (QED) is 0.695. The number of nitrogens with one attached hydrogen (secondary N) is 1. The Labute approximate surface area is 137 Å². The monoisotopic (exact) mass is 360 g/mol. The van der Waals surface area contributed by atoms with Crippen molar-refractivity contribution in [1.82, 2.24) is 10.2 Å². The molecule has 4 heteroatoms. The SMILES string of the molecule is CCN(CC)C(CC)(CC)C(Cc1cc(Br)cs1)NC. The Morgan fingerprint density at radius 1 is 1.25 bits per heavy atom. The molecular weight excluding hydrogens is 332 g/mol. The maximum absolute atomic E-state index is 3.60. The first-order valence-electron chi connectivity index (χ1n) is 7.73. The number of nitrogens with zero attached hydrogens (tertiary/aromatic N) is 1. The van der Waals surface area contributed by atoms with Crippen LogP contribution in [0.5, 0.6) is 0 Å². The van der Waals surface area contributed by atoms with Gasteiger partial charge in [-0.2, -0.15) is 0 Å². The van der Waals surface area contributed by atoms with E-state index >= 15 is 0 Å². The van der Waals surface area contributed by atoms with E-state index < -0.39 is 0 Å². The normalized spacial score (nSPS) is 13.9. The zero-order valence-corrected chi connectivity index (χ0v) is 15.9. The molecule has 0 saturated heterocycles. The molecule has 0 bridgehead atoms. The van der Waals surface area contributed by atoms with Gasteiger partial charge in [-0.05, 0) is 61.4 Å². The summed E-state index contributed by atoms with van der Waals surface area (Å²) in [5.74, 6) is 0. The Bertz CT molecular complexity index is 384. The lowest BCUT2D eigenvalue weighted by Crippen LogP contribution is -2.61. The van der Waals surface area contributed by atoms with E-state index in [1.54, 1.807) is 0 Å². The number of thiophene rings is 1. The molecule has 1 N–H and O–H groups in total. The van der Waals surface area contributed by atoms with Crippen molar-refractivity contribution in [2.24, 2.45) is 0 Å². The summed E-state index contributed by atoms with van der Waals surface area (Å²) in [6.45, 7) is 11.4. The smallest absolute Gasteiger partial charge is 0.0360 e. The minimum atomic E-state index is 0.245. The summed E-state index contributed by atoms with van der Waals surface area (Å²) in [4.78, 5) is 4.09. The maximum Gasteiger partial charge on any atom is 0.0360 e. The predicted molar refractivity (Wildman–Crippen MR) is 94.8 cm³/mol. The second-order valence-corrected chi connectivity index (χ2v) is 7.17. The summed E-state index contributed by atoms with van der Waals surface area (Å²) in [7, 11) is 2.11. The summed E-state index contributed by atoms with van der Waals surface area (Å²) in [5, 5.41) is 5.78. The van der Waals surface area contributed by atoms with Gasteiger partial charge in [-0.15, -0.1) is 11.3 Å². The fraction of sp³-hybridized carbons (Fsp3) is 0.750.